The third kappa shape index (κ3) is 16.1. The number of hydrogen-bond donors (Lipinski definition) is 2. The van der Waals surface area contributed by atoms with E-state index in [1.54, 1.807) is 21.0 Å². The van der Waals surface area contributed by atoms with Crippen molar-refractivity contribution in [2.45, 2.75) is 132 Å². The quantitative estimate of drug-likeness (QED) is 0.172. The number of allylic oxidation sites excluding steroid dienone is 2. The summed E-state index contributed by atoms with van der Waals surface area (Å²) in [5.41, 5.74) is 8.72. The fourth-order valence-electron chi connectivity index (χ4n) is 4.44. The van der Waals surface area contributed by atoms with Crippen molar-refractivity contribution in [2.24, 2.45) is 9.98 Å². The Labute approximate surface area is 258 Å². The smallest absolute Gasteiger partial charge is 0.162 e. The first-order valence-electron chi connectivity index (χ1n) is 15.7. The first-order chi connectivity index (χ1) is 19.7. The first kappa shape index (κ1) is 41.5. The number of nitrogens with one attached hydrogen (secondary N) is 1. The summed E-state index contributed by atoms with van der Waals surface area (Å²) in [6.45, 7) is 20.4. The van der Waals surface area contributed by atoms with Crippen molar-refractivity contribution < 1.29 is 14.6 Å². The van der Waals surface area contributed by atoms with Crippen LogP contribution in [-0.2, 0) is 11.8 Å². The highest BCUT2D eigenvalue weighted by molar-refractivity contribution is 6.09. The van der Waals surface area contributed by atoms with Crippen LogP contribution >= 0.6 is 0 Å². The number of aliphatic imine (C=N–C) groups is 2. The minimum atomic E-state index is -0.0822. The number of carbonyl (C=O) groups excluding carboxylic acids is 1. The fourth-order valence-corrected chi connectivity index (χ4v) is 4.44. The molecule has 0 saturated heterocycles. The van der Waals surface area contributed by atoms with Crippen LogP contribution in [0.3, 0.4) is 0 Å². The van der Waals surface area contributed by atoms with E-state index in [4.69, 9.17) is 15.3 Å². The molecule has 1 aliphatic carbocycles. The normalized spacial score (nSPS) is 13.6. The van der Waals surface area contributed by atoms with Crippen molar-refractivity contribution in [1.29, 1.82) is 5.41 Å². The molecule has 0 saturated carbocycles. The molecule has 42 heavy (non-hydrogen) atoms. The fraction of sp³-hybridized carbons (Fsp3) is 0.667. The van der Waals surface area contributed by atoms with E-state index in [-0.39, 0.29) is 17.8 Å². The van der Waals surface area contributed by atoms with Gasteiger partial charge in [-0.05, 0) is 107 Å². The molecule has 1 aliphatic rings. The summed E-state index contributed by atoms with van der Waals surface area (Å²) in [6.07, 6.45) is 9.16. The van der Waals surface area contributed by atoms with Crippen LogP contribution in [0.2, 0.25) is 0 Å². The van der Waals surface area contributed by atoms with Gasteiger partial charge >= 0.3 is 0 Å². The summed E-state index contributed by atoms with van der Waals surface area (Å²) in [7, 11) is 5.42. The third-order valence-electron chi connectivity index (χ3n) is 6.69. The molecule has 0 aromatic heterocycles. The minimum Gasteiger partial charge on any atom is -0.496 e. The molecular weight excluding hydrogens is 522 g/mol. The number of methoxy groups -OCH3 is 1. The average Bonchev–Trinajstić information content (AvgIpc) is 2.95. The maximum Gasteiger partial charge on any atom is 0.162 e. The zero-order valence-electron chi connectivity index (χ0n) is 29.4. The molecule has 0 bridgehead atoms. The number of ether oxygens (including phenoxy) is 1. The molecule has 6 nitrogen and oxygen atoms in total. The number of unbranched alkanes of at least 4 members (excludes halogenated alkanes) is 1. The molecule has 0 unspecified atom stereocenters. The number of ketones is 1. The van der Waals surface area contributed by atoms with Crippen molar-refractivity contribution in [3.05, 3.63) is 40.0 Å². The second-order valence-electron chi connectivity index (χ2n) is 11.9. The Morgan fingerprint density at radius 1 is 0.929 bits per heavy atom. The Hall–Kier alpha value is -2.60. The molecule has 0 amide bonds. The predicted octanol–water partition coefficient (Wildman–Crippen LogP) is 9.40. The summed E-state index contributed by atoms with van der Waals surface area (Å²) in [5.74, 6) is 1.04. The SMILES string of the molecule is CC(C)=N.CCC.CCC(=O)c1cc(CCCCO)c(OC)c(C(C)(C)C)c1.CN=C(C)C1=C(C(C)=NC)CCCC1. The molecule has 1 aromatic rings. The number of nitrogens with zero attached hydrogens (tertiary/aromatic N) is 2. The lowest BCUT2D eigenvalue weighted by atomic mass is 9.82. The molecule has 0 spiro atoms. The van der Waals surface area contributed by atoms with E-state index in [9.17, 15) is 4.79 Å². The van der Waals surface area contributed by atoms with E-state index >= 15 is 0 Å². The zero-order valence-corrected chi connectivity index (χ0v) is 29.4. The summed E-state index contributed by atoms with van der Waals surface area (Å²) in [6, 6.07) is 3.93. The van der Waals surface area contributed by atoms with Crippen LogP contribution in [-0.4, -0.2) is 55.8 Å². The van der Waals surface area contributed by atoms with E-state index in [0.29, 0.717) is 12.1 Å². The van der Waals surface area contributed by atoms with Gasteiger partial charge in [-0.15, -0.1) is 0 Å². The molecule has 0 radical (unpaired) electrons. The monoisotopic (exact) mass is 585 g/mol. The van der Waals surface area contributed by atoms with Crippen LogP contribution in [0.1, 0.15) is 142 Å². The van der Waals surface area contributed by atoms with Gasteiger partial charge in [0.1, 0.15) is 5.75 Å². The van der Waals surface area contributed by atoms with Crippen LogP contribution in [0.15, 0.2) is 33.3 Å². The van der Waals surface area contributed by atoms with Gasteiger partial charge in [0.2, 0.25) is 0 Å². The van der Waals surface area contributed by atoms with Crippen LogP contribution in [0.5, 0.6) is 5.75 Å². The van der Waals surface area contributed by atoms with Crippen molar-refractivity contribution in [3.63, 3.8) is 0 Å². The van der Waals surface area contributed by atoms with E-state index in [0.717, 1.165) is 41.7 Å². The molecule has 2 rings (SSSR count). The summed E-state index contributed by atoms with van der Waals surface area (Å²) in [5, 5.41) is 15.5. The Morgan fingerprint density at radius 2 is 1.38 bits per heavy atom. The molecule has 1 aromatic carbocycles. The summed E-state index contributed by atoms with van der Waals surface area (Å²) in [4.78, 5) is 20.7. The highest BCUT2D eigenvalue weighted by Gasteiger charge is 2.23. The van der Waals surface area contributed by atoms with Gasteiger partial charge in [-0.2, -0.15) is 0 Å². The average molecular weight is 586 g/mol. The van der Waals surface area contributed by atoms with Crippen molar-refractivity contribution in [1.82, 2.24) is 0 Å². The van der Waals surface area contributed by atoms with Gasteiger partial charge in [-0.25, -0.2) is 0 Å². The number of Topliss-reactive ketones (excluding diaryl/α,β-unsaturated/α-hetero) is 1. The lowest BCUT2D eigenvalue weighted by Crippen LogP contribution is -2.16. The number of hydrogen-bond acceptors (Lipinski definition) is 6. The number of carbonyl (C=O) groups is 1. The van der Waals surface area contributed by atoms with Gasteiger partial charge in [-0.1, -0.05) is 48.0 Å². The summed E-state index contributed by atoms with van der Waals surface area (Å²) >= 11 is 0. The Morgan fingerprint density at radius 3 is 1.71 bits per heavy atom. The molecular formula is C36H63N3O3. The lowest BCUT2D eigenvalue weighted by Gasteiger charge is -2.25. The number of aliphatic hydroxyl groups is 1. The maximum absolute atomic E-state index is 12.1. The second-order valence-corrected chi connectivity index (χ2v) is 11.9. The van der Waals surface area contributed by atoms with Gasteiger partial charge in [0.15, 0.2) is 5.78 Å². The minimum absolute atomic E-state index is 0.0822. The zero-order chi connectivity index (χ0) is 32.9. The predicted molar refractivity (Wildman–Crippen MR) is 185 cm³/mol. The van der Waals surface area contributed by atoms with Crippen molar-refractivity contribution in [3.8, 4) is 5.75 Å². The Bertz CT molecular complexity index is 1010. The highest BCUT2D eigenvalue weighted by Crippen LogP contribution is 2.36. The molecule has 0 atom stereocenters. The van der Waals surface area contributed by atoms with E-state index in [2.05, 4.69) is 58.5 Å². The Balaban J connectivity index is 0. The number of rotatable bonds is 9. The van der Waals surface area contributed by atoms with Crippen molar-refractivity contribution in [2.75, 3.05) is 27.8 Å². The van der Waals surface area contributed by atoms with Gasteiger partial charge in [0.05, 0.1) is 7.11 Å². The largest absolute Gasteiger partial charge is 0.496 e. The number of aliphatic hydroxyl groups excluding tert-OH is 1. The van der Waals surface area contributed by atoms with Crippen LogP contribution in [0.25, 0.3) is 0 Å². The van der Waals surface area contributed by atoms with Gasteiger partial charge in [0, 0.05) is 55.4 Å². The summed E-state index contributed by atoms with van der Waals surface area (Å²) < 4.78 is 5.63. The first-order valence-corrected chi connectivity index (χ1v) is 15.7. The van der Waals surface area contributed by atoms with Gasteiger partial charge < -0.3 is 15.3 Å². The molecule has 6 heteroatoms. The molecule has 0 aliphatic heterocycles. The van der Waals surface area contributed by atoms with E-state index < -0.39 is 0 Å². The molecule has 0 fully saturated rings. The standard InChI is InChI=1S/C18H28O3.C12H20N2.C3H7N.C3H8/c1-6-16(20)14-11-13(9-7-8-10-19)17(21-5)15(12-14)18(2,3)4;1-9(13-3)11-7-5-6-8-12(11)10(2)14-4;1-3(2)4;1-3-2/h11-12,19H,6-10H2,1-5H3;5-8H2,1-4H3;4H,1-2H3;3H2,1-2H3. The van der Waals surface area contributed by atoms with Crippen LogP contribution < -0.4 is 4.74 Å². The third-order valence-corrected chi connectivity index (χ3v) is 6.69. The van der Waals surface area contributed by atoms with Gasteiger partial charge in [0.25, 0.3) is 0 Å². The van der Waals surface area contributed by atoms with Crippen LogP contribution in [0.4, 0.5) is 0 Å². The Kier molecular flexibility index (Phi) is 22.7. The molecule has 2 N–H and O–H groups in total. The lowest BCUT2D eigenvalue weighted by molar-refractivity contribution is 0.0988. The molecule has 0 heterocycles. The number of benzene rings is 1. The second kappa shape index (κ2) is 22.9. The van der Waals surface area contributed by atoms with E-state index in [1.807, 2.05) is 33.2 Å². The van der Waals surface area contributed by atoms with E-state index in [1.165, 1.54) is 54.7 Å². The topological polar surface area (TPSA) is 95.1 Å². The van der Waals surface area contributed by atoms with Gasteiger partial charge in [-0.3, -0.25) is 14.8 Å². The van der Waals surface area contributed by atoms with Crippen molar-refractivity contribution >= 4 is 22.9 Å². The maximum atomic E-state index is 12.1. The highest BCUT2D eigenvalue weighted by atomic mass is 16.5. The number of aryl methyl sites for hydroxylation is 1. The molecule has 240 valence electrons. The van der Waals surface area contributed by atoms with Crippen LogP contribution in [0, 0.1) is 5.41 Å².